The molecule has 0 spiro atoms. The molecular formula is C13H8O6. The maximum absolute atomic E-state index is 11.0. The van der Waals surface area contributed by atoms with Crippen LogP contribution < -0.4 is 0 Å². The van der Waals surface area contributed by atoms with Crippen molar-refractivity contribution in [2.75, 3.05) is 0 Å². The van der Waals surface area contributed by atoms with Crippen LogP contribution in [0.15, 0.2) is 30.3 Å². The minimum Gasteiger partial charge on any atom is -0.478 e. The van der Waals surface area contributed by atoms with Crippen molar-refractivity contribution in [2.24, 2.45) is 0 Å². The summed E-state index contributed by atoms with van der Waals surface area (Å²) in [5, 5.41) is 27.6. The Bertz CT molecular complexity index is 716. The topological polar surface area (TPSA) is 112 Å². The third kappa shape index (κ3) is 2.23. The Kier molecular flexibility index (Phi) is 2.92. The van der Waals surface area contributed by atoms with E-state index in [0.717, 1.165) is 6.07 Å². The molecule has 2 aromatic rings. The number of carboxylic acids is 3. The molecule has 96 valence electrons. The van der Waals surface area contributed by atoms with Gasteiger partial charge in [0.25, 0.3) is 0 Å². The molecule has 19 heavy (non-hydrogen) atoms. The number of hydrogen-bond acceptors (Lipinski definition) is 3. The minimum absolute atomic E-state index is 0.00640. The summed E-state index contributed by atoms with van der Waals surface area (Å²) in [4.78, 5) is 32.8. The molecular weight excluding hydrogens is 252 g/mol. The highest BCUT2D eigenvalue weighted by molar-refractivity contribution is 6.07. The van der Waals surface area contributed by atoms with Gasteiger partial charge in [-0.15, -0.1) is 0 Å². The van der Waals surface area contributed by atoms with Crippen LogP contribution in [-0.4, -0.2) is 33.2 Å². The molecule has 3 N–H and O–H groups in total. The second kappa shape index (κ2) is 4.41. The van der Waals surface area contributed by atoms with Crippen LogP contribution in [0.1, 0.15) is 31.1 Å². The number of carbonyl (C=O) groups is 3. The molecule has 0 aliphatic heterocycles. The quantitative estimate of drug-likeness (QED) is 0.777. The Morgan fingerprint density at radius 1 is 0.684 bits per heavy atom. The maximum atomic E-state index is 11.0. The Balaban J connectivity index is 2.77. The molecule has 0 heterocycles. The fourth-order valence-corrected chi connectivity index (χ4v) is 1.78. The van der Waals surface area contributed by atoms with Crippen LogP contribution in [-0.2, 0) is 0 Å². The van der Waals surface area contributed by atoms with Gasteiger partial charge in [0, 0.05) is 0 Å². The van der Waals surface area contributed by atoms with Crippen molar-refractivity contribution < 1.29 is 29.7 Å². The molecule has 0 aliphatic rings. The lowest BCUT2D eigenvalue weighted by Crippen LogP contribution is -2.08. The smallest absolute Gasteiger partial charge is 0.336 e. The summed E-state index contributed by atoms with van der Waals surface area (Å²) in [6.07, 6.45) is 0. The average molecular weight is 260 g/mol. The summed E-state index contributed by atoms with van der Waals surface area (Å²) in [6.45, 7) is 0. The number of fused-ring (bicyclic) bond motifs is 1. The van der Waals surface area contributed by atoms with E-state index in [1.165, 1.54) is 24.3 Å². The van der Waals surface area contributed by atoms with E-state index in [4.69, 9.17) is 15.3 Å². The summed E-state index contributed by atoms with van der Waals surface area (Å²) in [7, 11) is 0. The summed E-state index contributed by atoms with van der Waals surface area (Å²) in [5.41, 5.74) is -0.697. The molecule has 0 radical (unpaired) electrons. The summed E-state index contributed by atoms with van der Waals surface area (Å²) >= 11 is 0. The van der Waals surface area contributed by atoms with E-state index < -0.39 is 17.9 Å². The first-order valence-corrected chi connectivity index (χ1v) is 5.18. The van der Waals surface area contributed by atoms with Crippen LogP contribution >= 0.6 is 0 Å². The van der Waals surface area contributed by atoms with Gasteiger partial charge >= 0.3 is 17.9 Å². The third-order valence-electron chi connectivity index (χ3n) is 2.68. The van der Waals surface area contributed by atoms with Crippen LogP contribution in [0.2, 0.25) is 0 Å². The van der Waals surface area contributed by atoms with E-state index in [0.29, 0.717) is 10.8 Å². The highest BCUT2D eigenvalue weighted by atomic mass is 16.4. The van der Waals surface area contributed by atoms with Gasteiger partial charge in [-0.3, -0.25) is 0 Å². The molecule has 6 heteroatoms. The van der Waals surface area contributed by atoms with Crippen LogP contribution in [0, 0.1) is 0 Å². The molecule has 6 nitrogen and oxygen atoms in total. The molecule has 0 fully saturated rings. The number of rotatable bonds is 3. The average Bonchev–Trinajstić information content (AvgIpc) is 2.36. The summed E-state index contributed by atoms with van der Waals surface area (Å²) in [6, 6.07) is 6.45. The first-order valence-electron chi connectivity index (χ1n) is 5.18. The van der Waals surface area contributed by atoms with Crippen LogP contribution in [0.4, 0.5) is 0 Å². The van der Waals surface area contributed by atoms with Gasteiger partial charge in [-0.2, -0.15) is 0 Å². The first-order chi connectivity index (χ1) is 8.90. The lowest BCUT2D eigenvalue weighted by molar-refractivity contribution is 0.0652. The lowest BCUT2D eigenvalue weighted by atomic mass is 9.99. The van der Waals surface area contributed by atoms with Crippen molar-refractivity contribution in [1.29, 1.82) is 0 Å². The van der Waals surface area contributed by atoms with Gasteiger partial charge in [-0.1, -0.05) is 6.07 Å². The molecule has 0 saturated carbocycles. The van der Waals surface area contributed by atoms with Gasteiger partial charge in [0.2, 0.25) is 0 Å². The van der Waals surface area contributed by atoms with Crippen LogP contribution in [0.5, 0.6) is 0 Å². The van der Waals surface area contributed by atoms with Crippen molar-refractivity contribution in [3.8, 4) is 0 Å². The standard InChI is InChI=1S/C13H8O6/c14-11(15)7-2-1-6-4-9(12(16)17)10(13(18)19)5-8(6)3-7/h1-5H,(H,14,15)(H,16,17)(H,18,19). The van der Waals surface area contributed by atoms with Crippen molar-refractivity contribution in [3.05, 3.63) is 47.0 Å². The zero-order chi connectivity index (χ0) is 14.2. The SMILES string of the molecule is O=C(O)c1ccc2cc(C(=O)O)c(C(=O)O)cc2c1. The lowest BCUT2D eigenvalue weighted by Gasteiger charge is -2.05. The molecule has 0 saturated heterocycles. The van der Waals surface area contributed by atoms with Gasteiger partial charge in [-0.25, -0.2) is 14.4 Å². The first kappa shape index (κ1) is 12.6. The third-order valence-corrected chi connectivity index (χ3v) is 2.68. The molecule has 2 aromatic carbocycles. The highest BCUT2D eigenvalue weighted by Crippen LogP contribution is 2.22. The number of hydrogen-bond donors (Lipinski definition) is 3. The fraction of sp³-hybridized carbons (Fsp3) is 0. The molecule has 0 bridgehead atoms. The van der Waals surface area contributed by atoms with Crippen molar-refractivity contribution in [3.63, 3.8) is 0 Å². The predicted molar refractivity (Wildman–Crippen MR) is 64.8 cm³/mol. The summed E-state index contributed by atoms with van der Waals surface area (Å²) < 4.78 is 0. The summed E-state index contributed by atoms with van der Waals surface area (Å²) in [5.74, 6) is -3.86. The van der Waals surface area contributed by atoms with Crippen LogP contribution in [0.25, 0.3) is 10.8 Å². The van der Waals surface area contributed by atoms with Crippen molar-refractivity contribution in [2.45, 2.75) is 0 Å². The Morgan fingerprint density at radius 2 is 1.21 bits per heavy atom. The van der Waals surface area contributed by atoms with Gasteiger partial charge in [0.1, 0.15) is 0 Å². The Labute approximate surface area is 106 Å². The molecule has 0 aromatic heterocycles. The second-order valence-corrected chi connectivity index (χ2v) is 3.88. The Hall–Kier alpha value is -2.89. The van der Waals surface area contributed by atoms with E-state index in [1.807, 2.05) is 0 Å². The zero-order valence-electron chi connectivity index (χ0n) is 9.45. The van der Waals surface area contributed by atoms with E-state index >= 15 is 0 Å². The van der Waals surface area contributed by atoms with Gasteiger partial charge < -0.3 is 15.3 Å². The number of carboxylic acid groups (broad SMARTS) is 3. The second-order valence-electron chi connectivity index (χ2n) is 3.88. The Morgan fingerprint density at radius 3 is 1.68 bits per heavy atom. The normalized spacial score (nSPS) is 10.3. The largest absolute Gasteiger partial charge is 0.478 e. The molecule has 0 atom stereocenters. The minimum atomic E-state index is -1.37. The monoisotopic (exact) mass is 260 g/mol. The van der Waals surface area contributed by atoms with Crippen LogP contribution in [0.3, 0.4) is 0 Å². The van der Waals surface area contributed by atoms with Crippen molar-refractivity contribution >= 4 is 28.7 Å². The predicted octanol–water partition coefficient (Wildman–Crippen LogP) is 1.93. The number of benzene rings is 2. The van der Waals surface area contributed by atoms with Gasteiger partial charge in [0.05, 0.1) is 16.7 Å². The van der Waals surface area contributed by atoms with Crippen molar-refractivity contribution in [1.82, 2.24) is 0 Å². The maximum Gasteiger partial charge on any atom is 0.336 e. The number of aromatic carboxylic acids is 3. The van der Waals surface area contributed by atoms with E-state index in [2.05, 4.69) is 0 Å². The van der Waals surface area contributed by atoms with Gasteiger partial charge in [0.15, 0.2) is 0 Å². The van der Waals surface area contributed by atoms with Gasteiger partial charge in [-0.05, 0) is 35.0 Å². The highest BCUT2D eigenvalue weighted by Gasteiger charge is 2.17. The zero-order valence-corrected chi connectivity index (χ0v) is 9.45. The van der Waals surface area contributed by atoms with E-state index in [9.17, 15) is 14.4 Å². The van der Waals surface area contributed by atoms with E-state index in [-0.39, 0.29) is 16.7 Å². The molecule has 0 amide bonds. The molecule has 0 unspecified atom stereocenters. The van der Waals surface area contributed by atoms with E-state index in [1.54, 1.807) is 0 Å². The fourth-order valence-electron chi connectivity index (χ4n) is 1.78. The molecule has 2 rings (SSSR count). The molecule has 0 aliphatic carbocycles.